The monoisotopic (exact) mass is 345 g/mol. The first-order valence-electron chi connectivity index (χ1n) is 8.16. The molecule has 4 rings (SSSR count). The van der Waals surface area contributed by atoms with Gasteiger partial charge >= 0.3 is 0 Å². The van der Waals surface area contributed by atoms with Crippen LogP contribution in [0.5, 0.6) is 0 Å². The van der Waals surface area contributed by atoms with E-state index in [1.807, 2.05) is 40.9 Å². The molecule has 1 aliphatic heterocycles. The van der Waals surface area contributed by atoms with E-state index in [0.29, 0.717) is 18.1 Å². The van der Waals surface area contributed by atoms with E-state index in [4.69, 9.17) is 4.52 Å². The lowest BCUT2D eigenvalue weighted by Crippen LogP contribution is -2.32. The highest BCUT2D eigenvalue weighted by atomic mass is 32.1. The summed E-state index contributed by atoms with van der Waals surface area (Å²) in [6.45, 7) is 4.76. The molecule has 1 aliphatic rings. The van der Waals surface area contributed by atoms with Gasteiger partial charge in [-0.15, -0.1) is 11.3 Å². The van der Waals surface area contributed by atoms with Crippen LogP contribution >= 0.6 is 11.3 Å². The van der Waals surface area contributed by atoms with Gasteiger partial charge in [-0.3, -0.25) is 9.20 Å². The zero-order valence-corrected chi connectivity index (χ0v) is 14.5. The van der Waals surface area contributed by atoms with Gasteiger partial charge in [0.1, 0.15) is 0 Å². The zero-order chi connectivity index (χ0) is 16.7. The van der Waals surface area contributed by atoms with Crippen molar-refractivity contribution in [2.75, 3.05) is 6.54 Å². The molecule has 24 heavy (non-hydrogen) atoms. The maximum atomic E-state index is 12.7. The summed E-state index contributed by atoms with van der Waals surface area (Å²) in [5, 5.41) is 6.07. The van der Waals surface area contributed by atoms with E-state index in [1.54, 1.807) is 11.3 Å². The molecule has 4 heterocycles. The molecular formula is C16H19N5O2S. The Morgan fingerprint density at radius 3 is 3.08 bits per heavy atom. The first kappa shape index (κ1) is 15.3. The van der Waals surface area contributed by atoms with Crippen molar-refractivity contribution in [3.63, 3.8) is 0 Å². The van der Waals surface area contributed by atoms with Crippen LogP contribution in [0.1, 0.15) is 56.1 Å². The minimum atomic E-state index is -0.0857. The Kier molecular flexibility index (Phi) is 3.84. The predicted molar refractivity (Wildman–Crippen MR) is 88.8 cm³/mol. The zero-order valence-electron chi connectivity index (χ0n) is 13.7. The number of likely N-dealkylation sites (tertiary alicyclic amines) is 1. The molecule has 0 unspecified atom stereocenters. The highest BCUT2D eigenvalue weighted by Crippen LogP contribution is 2.31. The van der Waals surface area contributed by atoms with Crippen molar-refractivity contribution in [3.8, 4) is 0 Å². The van der Waals surface area contributed by atoms with E-state index < -0.39 is 0 Å². The van der Waals surface area contributed by atoms with Crippen molar-refractivity contribution >= 4 is 22.2 Å². The lowest BCUT2D eigenvalue weighted by Gasteiger charge is -2.21. The molecule has 1 fully saturated rings. The third-order valence-corrected chi connectivity index (χ3v) is 5.07. The molecular weight excluding hydrogens is 326 g/mol. The van der Waals surface area contributed by atoms with Crippen LogP contribution < -0.4 is 0 Å². The van der Waals surface area contributed by atoms with Gasteiger partial charge in [-0.05, 0) is 12.8 Å². The van der Waals surface area contributed by atoms with E-state index in [-0.39, 0.29) is 17.9 Å². The molecule has 126 valence electrons. The fourth-order valence-corrected chi connectivity index (χ4v) is 3.79. The first-order valence-corrected chi connectivity index (χ1v) is 9.04. The lowest BCUT2D eigenvalue weighted by molar-refractivity contribution is -0.131. The third kappa shape index (κ3) is 2.71. The summed E-state index contributed by atoms with van der Waals surface area (Å²) in [4.78, 5) is 24.5. The molecule has 0 saturated carbocycles. The van der Waals surface area contributed by atoms with Gasteiger partial charge in [0, 0.05) is 30.2 Å². The molecule has 0 spiro atoms. The second kappa shape index (κ2) is 6.01. The number of carbonyl (C=O) groups is 1. The van der Waals surface area contributed by atoms with Crippen molar-refractivity contribution in [1.82, 2.24) is 24.4 Å². The standard InChI is InChI=1S/C16H19N5O2S/c1-10(2)15-18-14(19-23-15)12-4-3-5-21(12)13(22)8-11-9-20-6-7-24-16(20)17-11/h6-7,9-10,12H,3-5,8H2,1-2H3/t12-/m0/s1. The Balaban J connectivity index is 1.50. The normalized spacial score (nSPS) is 18.1. The van der Waals surface area contributed by atoms with Gasteiger partial charge in [0.2, 0.25) is 11.8 Å². The maximum Gasteiger partial charge on any atom is 0.229 e. The molecule has 0 N–H and O–H groups in total. The second-order valence-electron chi connectivity index (χ2n) is 6.39. The summed E-state index contributed by atoms with van der Waals surface area (Å²) in [6, 6.07) is -0.0857. The number of imidazole rings is 1. The van der Waals surface area contributed by atoms with Crippen LogP contribution in [0.3, 0.4) is 0 Å². The highest BCUT2D eigenvalue weighted by molar-refractivity contribution is 7.15. The number of aromatic nitrogens is 4. The molecule has 0 aliphatic carbocycles. The van der Waals surface area contributed by atoms with E-state index in [1.165, 1.54) is 0 Å². The molecule has 1 saturated heterocycles. The molecule has 0 bridgehead atoms. The first-order chi connectivity index (χ1) is 11.6. The van der Waals surface area contributed by atoms with Gasteiger partial charge in [0.05, 0.1) is 18.2 Å². The van der Waals surface area contributed by atoms with Crippen molar-refractivity contribution in [1.29, 1.82) is 0 Å². The number of thiazole rings is 1. The van der Waals surface area contributed by atoms with Crippen molar-refractivity contribution in [3.05, 3.63) is 35.2 Å². The summed E-state index contributed by atoms with van der Waals surface area (Å²) in [7, 11) is 0. The molecule has 3 aromatic rings. The van der Waals surface area contributed by atoms with Crippen LogP contribution in [-0.4, -0.2) is 36.9 Å². The van der Waals surface area contributed by atoms with Gasteiger partial charge in [-0.25, -0.2) is 4.98 Å². The molecule has 3 aromatic heterocycles. The van der Waals surface area contributed by atoms with Crippen molar-refractivity contribution in [2.45, 2.75) is 45.1 Å². The molecule has 1 atom stereocenters. The minimum absolute atomic E-state index is 0.0687. The van der Waals surface area contributed by atoms with Gasteiger partial charge in [-0.1, -0.05) is 19.0 Å². The summed E-state index contributed by atoms with van der Waals surface area (Å²) >= 11 is 1.56. The van der Waals surface area contributed by atoms with Crippen LogP contribution in [0.4, 0.5) is 0 Å². The topological polar surface area (TPSA) is 76.5 Å². The fourth-order valence-electron chi connectivity index (χ4n) is 3.07. The van der Waals surface area contributed by atoms with E-state index in [2.05, 4.69) is 15.1 Å². The summed E-state index contributed by atoms with van der Waals surface area (Å²) in [5.41, 5.74) is 0.800. The second-order valence-corrected chi connectivity index (χ2v) is 7.27. The Hall–Kier alpha value is -2.22. The summed E-state index contributed by atoms with van der Waals surface area (Å²) in [6.07, 6.45) is 6.01. The predicted octanol–water partition coefficient (Wildman–Crippen LogP) is 2.81. The molecule has 0 radical (unpaired) electrons. The van der Waals surface area contributed by atoms with Crippen molar-refractivity contribution in [2.24, 2.45) is 0 Å². The van der Waals surface area contributed by atoms with Crippen LogP contribution in [0.15, 0.2) is 22.3 Å². The Labute approximate surface area is 143 Å². The average Bonchev–Trinajstić information content (AvgIpc) is 3.29. The smallest absolute Gasteiger partial charge is 0.229 e. The molecule has 0 aromatic carbocycles. The van der Waals surface area contributed by atoms with Gasteiger partial charge in [-0.2, -0.15) is 4.98 Å². The van der Waals surface area contributed by atoms with Gasteiger partial charge < -0.3 is 9.42 Å². The average molecular weight is 345 g/mol. The van der Waals surface area contributed by atoms with Gasteiger partial charge in [0.25, 0.3) is 0 Å². The quantitative estimate of drug-likeness (QED) is 0.727. The number of fused-ring (bicyclic) bond motifs is 1. The van der Waals surface area contributed by atoms with E-state index in [9.17, 15) is 4.79 Å². The number of rotatable bonds is 4. The van der Waals surface area contributed by atoms with Crippen LogP contribution in [0, 0.1) is 0 Å². The molecule has 8 heteroatoms. The van der Waals surface area contributed by atoms with Crippen LogP contribution in [-0.2, 0) is 11.2 Å². The third-order valence-electron chi connectivity index (χ3n) is 4.30. The Morgan fingerprint density at radius 1 is 1.46 bits per heavy atom. The largest absolute Gasteiger partial charge is 0.339 e. The number of amides is 1. The molecule has 1 amide bonds. The van der Waals surface area contributed by atoms with Gasteiger partial charge in [0.15, 0.2) is 10.8 Å². The van der Waals surface area contributed by atoms with E-state index >= 15 is 0 Å². The highest BCUT2D eigenvalue weighted by Gasteiger charge is 2.33. The SMILES string of the molecule is CC(C)c1nc([C@@H]2CCCN2C(=O)Cc2cn3ccsc3n2)no1. The van der Waals surface area contributed by atoms with Crippen molar-refractivity contribution < 1.29 is 9.32 Å². The van der Waals surface area contributed by atoms with E-state index in [0.717, 1.165) is 30.0 Å². The number of nitrogens with zero attached hydrogens (tertiary/aromatic N) is 5. The molecule has 7 nitrogen and oxygen atoms in total. The number of hydrogen-bond donors (Lipinski definition) is 0. The maximum absolute atomic E-state index is 12.7. The summed E-state index contributed by atoms with van der Waals surface area (Å²) in [5.74, 6) is 1.50. The number of hydrogen-bond acceptors (Lipinski definition) is 6. The Bertz CT molecular complexity index is 836. The van der Waals surface area contributed by atoms with Crippen LogP contribution in [0.25, 0.3) is 4.96 Å². The minimum Gasteiger partial charge on any atom is -0.339 e. The summed E-state index contributed by atoms with van der Waals surface area (Å²) < 4.78 is 7.25. The number of carbonyl (C=O) groups excluding carboxylic acids is 1. The van der Waals surface area contributed by atoms with Crippen LogP contribution in [0.2, 0.25) is 0 Å². The fraction of sp³-hybridized carbons (Fsp3) is 0.500. The Morgan fingerprint density at radius 2 is 2.33 bits per heavy atom. The lowest BCUT2D eigenvalue weighted by atomic mass is 10.2.